The largest absolute Gasteiger partial charge is 0.480 e. The zero-order chi connectivity index (χ0) is 32.7. The Morgan fingerprint density at radius 1 is 1.14 bits per heavy atom. The van der Waals surface area contributed by atoms with Crippen molar-refractivity contribution >= 4 is 40.6 Å². The number of nitrogens with zero attached hydrogens (tertiary/aromatic N) is 1. The Morgan fingerprint density at radius 2 is 1.84 bits per heavy atom. The van der Waals surface area contributed by atoms with Crippen LogP contribution >= 0.6 is 0 Å². The number of benzene rings is 1. The zero-order valence-corrected chi connectivity index (χ0v) is 24.9. The molecule has 0 fully saturated rings. The number of hydrogen-bond acceptors (Lipinski definition) is 9. The molecule has 0 saturated carbocycles. The lowest BCUT2D eigenvalue weighted by Crippen LogP contribution is -2.54. The van der Waals surface area contributed by atoms with Crippen molar-refractivity contribution in [2.75, 3.05) is 19.6 Å². The number of carboxylic acid groups (broad SMARTS) is 1. The number of nitrogens with one attached hydrogen (secondary N) is 4. The minimum absolute atomic E-state index is 0.0159. The molecule has 0 aliphatic carbocycles. The fourth-order valence-electron chi connectivity index (χ4n) is 4.80. The Bertz CT molecular complexity index is 1440. The van der Waals surface area contributed by atoms with Crippen LogP contribution in [0.25, 0.3) is 11.0 Å². The van der Waals surface area contributed by atoms with Gasteiger partial charge >= 0.3 is 5.97 Å². The number of carbonyl (C=O) groups is 4. The normalized spacial score (nSPS) is 16.4. The van der Waals surface area contributed by atoms with E-state index in [1.165, 1.54) is 6.92 Å². The van der Waals surface area contributed by atoms with E-state index in [0.717, 1.165) is 16.5 Å². The summed E-state index contributed by atoms with van der Waals surface area (Å²) in [6.45, 7) is 5.65. The third-order valence-corrected chi connectivity index (χ3v) is 7.43. The minimum Gasteiger partial charge on any atom is -0.480 e. The van der Waals surface area contributed by atoms with Gasteiger partial charge in [0.25, 0.3) is 0 Å². The van der Waals surface area contributed by atoms with Crippen LogP contribution in [0.15, 0.2) is 34.3 Å². The highest BCUT2D eigenvalue weighted by molar-refractivity contribution is 5.90. The Morgan fingerprint density at radius 3 is 2.45 bits per heavy atom. The molecule has 1 aliphatic rings. The summed E-state index contributed by atoms with van der Waals surface area (Å²) in [7, 11) is 0. The SMILES string of the molecule is Cc1ccc2oc(C(O)C(NC(=O)CCCNC(=O)C(CC3=CCN(C(=N)N)C3)NC(=O)C(N)C(C)O)C(=O)O)c(C)c2c1. The summed E-state index contributed by atoms with van der Waals surface area (Å²) in [6, 6.07) is 1.41. The molecular formula is C29H41N7O8. The van der Waals surface area contributed by atoms with E-state index in [4.69, 9.17) is 21.3 Å². The lowest BCUT2D eigenvalue weighted by Gasteiger charge is -2.23. The molecule has 11 N–H and O–H groups in total. The predicted molar refractivity (Wildman–Crippen MR) is 160 cm³/mol. The van der Waals surface area contributed by atoms with Crippen molar-refractivity contribution in [3.8, 4) is 0 Å². The molecule has 5 atom stereocenters. The third-order valence-electron chi connectivity index (χ3n) is 7.43. The summed E-state index contributed by atoms with van der Waals surface area (Å²) in [5.74, 6) is -3.49. The van der Waals surface area contributed by atoms with E-state index in [1.807, 2.05) is 19.1 Å². The number of furan rings is 1. The van der Waals surface area contributed by atoms with Crippen LogP contribution in [0.4, 0.5) is 0 Å². The van der Waals surface area contributed by atoms with Crippen molar-refractivity contribution in [2.45, 2.75) is 70.4 Å². The van der Waals surface area contributed by atoms with E-state index >= 15 is 0 Å². The van der Waals surface area contributed by atoms with Gasteiger partial charge in [-0.25, -0.2) is 4.79 Å². The van der Waals surface area contributed by atoms with Crippen LogP contribution in [0.1, 0.15) is 49.2 Å². The number of nitrogens with two attached hydrogens (primary N) is 2. The highest BCUT2D eigenvalue weighted by atomic mass is 16.4. The molecule has 1 aromatic carbocycles. The fourth-order valence-corrected chi connectivity index (χ4v) is 4.80. The van der Waals surface area contributed by atoms with Crippen molar-refractivity contribution in [3.05, 3.63) is 46.7 Å². The first-order valence-corrected chi connectivity index (χ1v) is 14.2. The lowest BCUT2D eigenvalue weighted by atomic mass is 10.0. The molecule has 240 valence electrons. The number of amides is 3. The molecule has 0 bridgehead atoms. The molecule has 0 saturated heterocycles. The van der Waals surface area contributed by atoms with Crippen molar-refractivity contribution in [3.63, 3.8) is 0 Å². The zero-order valence-electron chi connectivity index (χ0n) is 24.9. The number of aryl methyl sites for hydroxylation is 2. The maximum Gasteiger partial charge on any atom is 0.329 e. The monoisotopic (exact) mass is 615 g/mol. The molecule has 44 heavy (non-hydrogen) atoms. The Hall–Kier alpha value is -4.47. The van der Waals surface area contributed by atoms with E-state index in [2.05, 4.69) is 16.0 Å². The maximum atomic E-state index is 13.0. The van der Waals surface area contributed by atoms with Gasteiger partial charge in [-0.05, 0) is 45.7 Å². The van der Waals surface area contributed by atoms with Crippen LogP contribution in [-0.4, -0.2) is 93.7 Å². The van der Waals surface area contributed by atoms with Crippen LogP contribution in [-0.2, 0) is 19.2 Å². The number of aliphatic carboxylic acids is 1. The number of aliphatic hydroxyl groups is 2. The number of carbonyl (C=O) groups excluding carboxylic acids is 3. The molecule has 3 amide bonds. The van der Waals surface area contributed by atoms with Gasteiger partial charge in [0.1, 0.15) is 29.5 Å². The number of hydrogen-bond donors (Lipinski definition) is 9. The van der Waals surface area contributed by atoms with Crippen molar-refractivity contribution < 1.29 is 38.9 Å². The molecular weight excluding hydrogens is 574 g/mol. The Labute approximate surface area is 254 Å². The van der Waals surface area contributed by atoms with E-state index < -0.39 is 54.0 Å². The Kier molecular flexibility index (Phi) is 11.5. The van der Waals surface area contributed by atoms with Gasteiger partial charge in [0.2, 0.25) is 17.7 Å². The predicted octanol–water partition coefficient (Wildman–Crippen LogP) is -0.733. The van der Waals surface area contributed by atoms with E-state index in [0.29, 0.717) is 24.2 Å². The van der Waals surface area contributed by atoms with Gasteiger partial charge in [0, 0.05) is 37.0 Å². The van der Waals surface area contributed by atoms with Gasteiger partial charge in [-0.3, -0.25) is 19.8 Å². The first kappa shape index (κ1) is 34.0. The second-order valence-corrected chi connectivity index (χ2v) is 11.0. The average Bonchev–Trinajstić information content (AvgIpc) is 3.57. The van der Waals surface area contributed by atoms with Gasteiger partial charge in [0.05, 0.1) is 6.10 Å². The molecule has 0 radical (unpaired) electrons. The second kappa shape index (κ2) is 14.8. The van der Waals surface area contributed by atoms with Gasteiger partial charge in [-0.15, -0.1) is 0 Å². The summed E-state index contributed by atoms with van der Waals surface area (Å²) < 4.78 is 5.71. The number of aliphatic hydroxyl groups excluding tert-OH is 2. The van der Waals surface area contributed by atoms with Crippen LogP contribution in [0.2, 0.25) is 0 Å². The maximum absolute atomic E-state index is 13.0. The molecule has 15 nitrogen and oxygen atoms in total. The van der Waals surface area contributed by atoms with E-state index in [-0.39, 0.29) is 37.5 Å². The van der Waals surface area contributed by atoms with Crippen LogP contribution in [0.5, 0.6) is 0 Å². The number of carboxylic acids is 1. The molecule has 5 unspecified atom stereocenters. The van der Waals surface area contributed by atoms with E-state index in [1.54, 1.807) is 24.0 Å². The van der Waals surface area contributed by atoms with Crippen LogP contribution in [0, 0.1) is 19.3 Å². The molecule has 15 heteroatoms. The summed E-state index contributed by atoms with van der Waals surface area (Å²) >= 11 is 0. The standard InChI is InChI=1S/C29H41N7O8/c1-14-6-7-20-18(11-14)15(2)25(44-20)24(39)23(28(42)43)35-21(38)5-4-9-33-26(40)19(34-27(41)22(30)16(3)37)12-17-8-10-36(13-17)29(31)32/h6-8,11,16,19,22-24,37,39H,4-5,9-10,12-13,30H2,1-3H3,(H3,31,32)(H,33,40)(H,34,41)(H,35,38)(H,42,43). The molecule has 0 spiro atoms. The molecule has 2 aromatic rings. The van der Waals surface area contributed by atoms with Crippen molar-refractivity contribution in [1.82, 2.24) is 20.9 Å². The first-order valence-electron chi connectivity index (χ1n) is 14.2. The average molecular weight is 616 g/mol. The summed E-state index contributed by atoms with van der Waals surface area (Å²) in [5.41, 5.74) is 14.0. The van der Waals surface area contributed by atoms with Crippen molar-refractivity contribution in [2.24, 2.45) is 11.5 Å². The molecule has 1 aliphatic heterocycles. The van der Waals surface area contributed by atoms with Gasteiger partial charge in [0.15, 0.2) is 12.0 Å². The van der Waals surface area contributed by atoms with E-state index in [9.17, 15) is 34.5 Å². The third kappa shape index (κ3) is 8.55. The quantitative estimate of drug-likeness (QED) is 0.0554. The first-order chi connectivity index (χ1) is 20.7. The highest BCUT2D eigenvalue weighted by Crippen LogP contribution is 2.31. The topological polar surface area (TPSA) is 257 Å². The summed E-state index contributed by atoms with van der Waals surface area (Å²) in [4.78, 5) is 51.6. The number of rotatable bonds is 14. The van der Waals surface area contributed by atoms with Crippen molar-refractivity contribution in [1.29, 1.82) is 5.41 Å². The molecule has 1 aromatic heterocycles. The smallest absolute Gasteiger partial charge is 0.329 e. The molecule has 2 heterocycles. The van der Waals surface area contributed by atoms with Crippen LogP contribution < -0.4 is 27.4 Å². The van der Waals surface area contributed by atoms with Crippen LogP contribution in [0.3, 0.4) is 0 Å². The highest BCUT2D eigenvalue weighted by Gasteiger charge is 2.33. The second-order valence-electron chi connectivity index (χ2n) is 11.0. The van der Waals surface area contributed by atoms with Gasteiger partial charge < -0.3 is 52.1 Å². The number of guanidine groups is 1. The number of fused-ring (bicyclic) bond motifs is 1. The fraction of sp³-hybridized carbons (Fsp3) is 0.483. The van der Waals surface area contributed by atoms with Gasteiger partial charge in [-0.2, -0.15) is 0 Å². The van der Waals surface area contributed by atoms with Gasteiger partial charge in [-0.1, -0.05) is 23.3 Å². The minimum atomic E-state index is -1.68. The summed E-state index contributed by atoms with van der Waals surface area (Å²) in [5, 5.41) is 46.0. The Balaban J connectivity index is 1.56. The molecule has 3 rings (SSSR count). The lowest BCUT2D eigenvalue weighted by molar-refractivity contribution is -0.145. The summed E-state index contributed by atoms with van der Waals surface area (Å²) in [6.07, 6.45) is -0.939.